The summed E-state index contributed by atoms with van der Waals surface area (Å²) in [7, 11) is -6.53. The Morgan fingerprint density at radius 3 is 2.20 bits per heavy atom. The highest BCUT2D eigenvalue weighted by Gasteiger charge is 2.28. The smallest absolute Gasteiger partial charge is 0.242 e. The van der Waals surface area contributed by atoms with Gasteiger partial charge in [0.25, 0.3) is 0 Å². The van der Waals surface area contributed by atoms with Crippen LogP contribution in [-0.2, 0) is 24.8 Å². The van der Waals surface area contributed by atoms with Crippen LogP contribution in [0.25, 0.3) is 0 Å². The molecule has 1 aromatic carbocycles. The van der Waals surface area contributed by atoms with E-state index in [4.69, 9.17) is 4.74 Å². The first-order valence-electron chi connectivity index (χ1n) is 5.99. The van der Waals surface area contributed by atoms with Crippen LogP contribution in [0.15, 0.2) is 34.1 Å². The lowest BCUT2D eigenvalue weighted by atomic mass is 10.3. The van der Waals surface area contributed by atoms with Crippen molar-refractivity contribution in [3.8, 4) is 0 Å². The van der Waals surface area contributed by atoms with Gasteiger partial charge in [0.1, 0.15) is 9.79 Å². The first kappa shape index (κ1) is 15.4. The van der Waals surface area contributed by atoms with Gasteiger partial charge in [0, 0.05) is 12.6 Å². The van der Waals surface area contributed by atoms with Crippen LogP contribution in [-0.4, -0.2) is 43.1 Å². The van der Waals surface area contributed by atoms with E-state index >= 15 is 0 Å². The monoisotopic (exact) mass is 320 g/mol. The molecular formula is C11H16N2O5S2. The summed E-state index contributed by atoms with van der Waals surface area (Å²) >= 11 is 0. The Kier molecular flexibility index (Phi) is 4.45. The molecule has 1 aliphatic heterocycles. The summed E-state index contributed by atoms with van der Waals surface area (Å²) in [6.45, 7) is 0.782. The van der Waals surface area contributed by atoms with E-state index in [0.717, 1.165) is 0 Å². The molecule has 0 spiro atoms. The van der Waals surface area contributed by atoms with Gasteiger partial charge >= 0.3 is 0 Å². The van der Waals surface area contributed by atoms with Gasteiger partial charge in [0.2, 0.25) is 20.0 Å². The summed E-state index contributed by atoms with van der Waals surface area (Å²) in [5.41, 5.74) is 0. The fourth-order valence-electron chi connectivity index (χ4n) is 1.91. The van der Waals surface area contributed by atoms with Crippen molar-refractivity contribution in [2.45, 2.75) is 22.3 Å². The fourth-order valence-corrected chi connectivity index (χ4v) is 4.73. The second-order valence-electron chi connectivity index (χ2n) is 4.34. The largest absolute Gasteiger partial charge is 0.380 e. The third-order valence-corrected chi connectivity index (χ3v) is 6.13. The van der Waals surface area contributed by atoms with Crippen molar-refractivity contribution in [3.05, 3.63) is 24.3 Å². The van der Waals surface area contributed by atoms with Gasteiger partial charge in [0.15, 0.2) is 0 Å². The molecule has 1 fully saturated rings. The van der Waals surface area contributed by atoms with Crippen LogP contribution in [0.3, 0.4) is 0 Å². The highest BCUT2D eigenvalue weighted by atomic mass is 32.2. The molecule has 2 rings (SSSR count). The van der Waals surface area contributed by atoms with Gasteiger partial charge in [0.05, 0.1) is 6.61 Å². The first-order chi connectivity index (χ1) is 9.37. The molecule has 1 aromatic rings. The first-order valence-corrected chi connectivity index (χ1v) is 8.96. The van der Waals surface area contributed by atoms with Crippen molar-refractivity contribution in [2.75, 3.05) is 20.3 Å². The van der Waals surface area contributed by atoms with E-state index < -0.39 is 20.0 Å². The van der Waals surface area contributed by atoms with Crippen molar-refractivity contribution >= 4 is 20.0 Å². The Labute approximate surface area is 118 Å². The summed E-state index contributed by atoms with van der Waals surface area (Å²) in [5.74, 6) is 0. The van der Waals surface area contributed by atoms with E-state index in [1.54, 1.807) is 0 Å². The van der Waals surface area contributed by atoms with Crippen LogP contribution < -0.4 is 9.44 Å². The highest BCUT2D eigenvalue weighted by Crippen LogP contribution is 2.21. The van der Waals surface area contributed by atoms with Gasteiger partial charge in [-0.2, -0.15) is 0 Å². The van der Waals surface area contributed by atoms with Crippen LogP contribution >= 0.6 is 0 Å². The Hall–Kier alpha value is -1.00. The number of hydrogen-bond donors (Lipinski definition) is 2. The van der Waals surface area contributed by atoms with Crippen LogP contribution in [0.2, 0.25) is 0 Å². The van der Waals surface area contributed by atoms with E-state index in [9.17, 15) is 16.8 Å². The average molecular weight is 320 g/mol. The second kappa shape index (κ2) is 5.78. The summed E-state index contributed by atoms with van der Waals surface area (Å²) < 4.78 is 58.1. The zero-order chi connectivity index (χ0) is 14.8. The molecule has 20 heavy (non-hydrogen) atoms. The van der Waals surface area contributed by atoms with Crippen molar-refractivity contribution in [3.63, 3.8) is 0 Å². The van der Waals surface area contributed by atoms with Crippen LogP contribution in [0.4, 0.5) is 0 Å². The summed E-state index contributed by atoms with van der Waals surface area (Å²) in [6, 6.07) is 5.15. The molecule has 9 heteroatoms. The van der Waals surface area contributed by atoms with E-state index in [1.165, 1.54) is 31.3 Å². The number of benzene rings is 1. The SMILES string of the molecule is CNS(=O)(=O)c1ccccc1S(=O)(=O)NC1CCOC1. The lowest BCUT2D eigenvalue weighted by molar-refractivity contribution is 0.192. The van der Waals surface area contributed by atoms with Crippen LogP contribution in [0.1, 0.15) is 6.42 Å². The van der Waals surface area contributed by atoms with Crippen LogP contribution in [0, 0.1) is 0 Å². The van der Waals surface area contributed by atoms with Gasteiger partial charge in [-0.05, 0) is 25.6 Å². The minimum atomic E-state index is -3.92. The minimum Gasteiger partial charge on any atom is -0.380 e. The summed E-state index contributed by atoms with van der Waals surface area (Å²) in [5, 5.41) is 0. The molecular weight excluding hydrogens is 304 g/mol. The fraction of sp³-hybridized carbons (Fsp3) is 0.455. The van der Waals surface area contributed by atoms with Crippen LogP contribution in [0.5, 0.6) is 0 Å². The Bertz CT molecular complexity index is 679. The zero-order valence-corrected chi connectivity index (χ0v) is 12.5. The Balaban J connectivity index is 2.41. The van der Waals surface area contributed by atoms with E-state index in [-0.39, 0.29) is 15.8 Å². The van der Waals surface area contributed by atoms with Gasteiger partial charge < -0.3 is 4.74 Å². The third kappa shape index (κ3) is 3.18. The van der Waals surface area contributed by atoms with Crippen molar-refractivity contribution in [2.24, 2.45) is 0 Å². The summed E-state index contributed by atoms with van der Waals surface area (Å²) in [6.07, 6.45) is 0.570. The maximum atomic E-state index is 12.3. The van der Waals surface area contributed by atoms with Gasteiger partial charge in [-0.15, -0.1) is 0 Å². The predicted molar refractivity (Wildman–Crippen MR) is 72.2 cm³/mol. The van der Waals surface area contributed by atoms with Gasteiger partial charge in [-0.3, -0.25) is 0 Å². The minimum absolute atomic E-state index is 0.263. The molecule has 1 heterocycles. The lowest BCUT2D eigenvalue weighted by Crippen LogP contribution is -2.36. The number of hydrogen-bond acceptors (Lipinski definition) is 5. The molecule has 1 aliphatic rings. The number of ether oxygens (including phenoxy) is 1. The van der Waals surface area contributed by atoms with Gasteiger partial charge in [-0.1, -0.05) is 12.1 Å². The normalized spacial score (nSPS) is 20.1. The Morgan fingerprint density at radius 2 is 1.70 bits per heavy atom. The molecule has 0 aliphatic carbocycles. The maximum Gasteiger partial charge on any atom is 0.242 e. The van der Waals surface area contributed by atoms with E-state index in [2.05, 4.69) is 9.44 Å². The molecule has 1 atom stereocenters. The summed E-state index contributed by atoms with van der Waals surface area (Å²) in [4.78, 5) is -0.532. The second-order valence-corrected chi connectivity index (χ2v) is 7.87. The van der Waals surface area contributed by atoms with Crippen molar-refractivity contribution in [1.29, 1.82) is 0 Å². The molecule has 2 N–H and O–H groups in total. The quantitative estimate of drug-likeness (QED) is 0.773. The van der Waals surface area contributed by atoms with Gasteiger partial charge in [-0.25, -0.2) is 26.3 Å². The zero-order valence-electron chi connectivity index (χ0n) is 10.9. The van der Waals surface area contributed by atoms with E-state index in [0.29, 0.717) is 19.6 Å². The third-order valence-electron chi connectivity index (χ3n) is 2.95. The Morgan fingerprint density at radius 1 is 1.10 bits per heavy atom. The number of rotatable bonds is 5. The van der Waals surface area contributed by atoms with E-state index in [1.807, 2.05) is 0 Å². The van der Waals surface area contributed by atoms with Crippen molar-refractivity contribution in [1.82, 2.24) is 9.44 Å². The maximum absolute atomic E-state index is 12.3. The average Bonchev–Trinajstić information content (AvgIpc) is 2.91. The highest BCUT2D eigenvalue weighted by molar-refractivity contribution is 7.92. The molecule has 0 aromatic heterocycles. The predicted octanol–water partition coefficient (Wildman–Crippen LogP) is -0.338. The molecule has 112 valence electrons. The molecule has 1 saturated heterocycles. The molecule has 1 unspecified atom stereocenters. The topological polar surface area (TPSA) is 102 Å². The number of nitrogens with one attached hydrogen (secondary N) is 2. The molecule has 0 radical (unpaired) electrons. The molecule has 0 amide bonds. The lowest BCUT2D eigenvalue weighted by Gasteiger charge is -2.14. The molecule has 7 nitrogen and oxygen atoms in total. The number of sulfonamides is 2. The standard InChI is InChI=1S/C11H16N2O5S2/c1-12-19(14,15)10-4-2-3-5-11(10)20(16,17)13-9-6-7-18-8-9/h2-5,9,12-13H,6-8H2,1H3. The molecule has 0 saturated carbocycles. The molecule has 0 bridgehead atoms. The van der Waals surface area contributed by atoms with Crippen molar-refractivity contribution < 1.29 is 21.6 Å².